The molecular weight excluding hydrogens is 308 g/mol. The molecule has 0 unspecified atom stereocenters. The molecule has 0 aromatic heterocycles. The van der Waals surface area contributed by atoms with Crippen LogP contribution in [0.2, 0.25) is 5.02 Å². The summed E-state index contributed by atoms with van der Waals surface area (Å²) >= 11 is 5.71. The smallest absolute Gasteiger partial charge is 0.288 e. The number of nitro groups is 1. The Balaban J connectivity index is 2.09. The lowest BCUT2D eigenvalue weighted by Gasteiger charge is -2.07. The maximum atomic E-state index is 12.1. The molecule has 0 atom stereocenters. The predicted molar refractivity (Wildman–Crippen MR) is 82.3 cm³/mol. The number of hydrogen-bond donors (Lipinski definition) is 1. The number of methoxy groups -OCH3 is 1. The summed E-state index contributed by atoms with van der Waals surface area (Å²) in [6, 6.07) is 11.2. The van der Waals surface area contributed by atoms with E-state index in [9.17, 15) is 14.9 Å². The van der Waals surface area contributed by atoms with E-state index in [2.05, 4.69) is 5.32 Å². The van der Waals surface area contributed by atoms with E-state index in [1.54, 1.807) is 19.2 Å². The van der Waals surface area contributed by atoms with Crippen molar-refractivity contribution < 1.29 is 14.5 Å². The summed E-state index contributed by atoms with van der Waals surface area (Å²) in [4.78, 5) is 22.2. The van der Waals surface area contributed by atoms with E-state index in [1.807, 2.05) is 12.1 Å². The highest BCUT2D eigenvalue weighted by Crippen LogP contribution is 2.25. The fourth-order valence-corrected chi connectivity index (χ4v) is 2.05. The third kappa shape index (κ3) is 3.73. The first kappa shape index (κ1) is 15.8. The Bertz CT molecular complexity index is 718. The molecule has 0 aliphatic rings. The van der Waals surface area contributed by atoms with Crippen LogP contribution in [-0.2, 0) is 6.54 Å². The summed E-state index contributed by atoms with van der Waals surface area (Å²) in [5, 5.41) is 13.5. The minimum Gasteiger partial charge on any atom is -0.497 e. The molecule has 0 aliphatic carbocycles. The van der Waals surface area contributed by atoms with Crippen LogP contribution in [0.25, 0.3) is 0 Å². The molecule has 114 valence electrons. The average Bonchev–Trinajstić information content (AvgIpc) is 2.53. The molecule has 0 fully saturated rings. The number of nitrogens with zero attached hydrogens (tertiary/aromatic N) is 1. The van der Waals surface area contributed by atoms with Gasteiger partial charge in [-0.2, -0.15) is 0 Å². The quantitative estimate of drug-likeness (QED) is 0.677. The summed E-state index contributed by atoms with van der Waals surface area (Å²) < 4.78 is 5.10. The second-order valence-electron chi connectivity index (χ2n) is 4.46. The van der Waals surface area contributed by atoms with Crippen LogP contribution in [-0.4, -0.2) is 17.9 Å². The molecule has 2 aromatic carbocycles. The van der Waals surface area contributed by atoms with Crippen LogP contribution < -0.4 is 10.1 Å². The van der Waals surface area contributed by atoms with Gasteiger partial charge >= 0.3 is 0 Å². The van der Waals surface area contributed by atoms with Gasteiger partial charge in [-0.1, -0.05) is 23.7 Å². The highest BCUT2D eigenvalue weighted by molar-refractivity contribution is 6.32. The second-order valence-corrected chi connectivity index (χ2v) is 4.86. The lowest BCUT2D eigenvalue weighted by atomic mass is 10.1. The van der Waals surface area contributed by atoms with E-state index in [-0.39, 0.29) is 22.8 Å². The van der Waals surface area contributed by atoms with Crippen LogP contribution in [0, 0.1) is 10.1 Å². The number of amides is 1. The van der Waals surface area contributed by atoms with Crippen LogP contribution in [0.15, 0.2) is 42.5 Å². The minimum atomic E-state index is -0.624. The van der Waals surface area contributed by atoms with Crippen molar-refractivity contribution in [3.8, 4) is 5.75 Å². The lowest BCUT2D eigenvalue weighted by Crippen LogP contribution is -2.22. The molecule has 0 saturated carbocycles. The largest absolute Gasteiger partial charge is 0.497 e. The Morgan fingerprint density at radius 1 is 1.32 bits per heavy atom. The minimum absolute atomic E-state index is 0.00524. The predicted octanol–water partition coefficient (Wildman–Crippen LogP) is 3.19. The molecule has 0 spiro atoms. The first-order chi connectivity index (χ1) is 10.5. The van der Waals surface area contributed by atoms with Gasteiger partial charge in [0.25, 0.3) is 11.6 Å². The van der Waals surface area contributed by atoms with Crippen molar-refractivity contribution in [2.24, 2.45) is 0 Å². The fourth-order valence-electron chi connectivity index (χ4n) is 1.86. The number of hydrogen-bond acceptors (Lipinski definition) is 4. The van der Waals surface area contributed by atoms with Gasteiger partial charge in [0.2, 0.25) is 0 Å². The van der Waals surface area contributed by atoms with Crippen LogP contribution in [0.3, 0.4) is 0 Å². The number of benzene rings is 2. The monoisotopic (exact) mass is 320 g/mol. The highest BCUT2D eigenvalue weighted by Gasteiger charge is 2.16. The zero-order chi connectivity index (χ0) is 16.1. The van der Waals surface area contributed by atoms with Gasteiger partial charge in [-0.3, -0.25) is 14.9 Å². The van der Waals surface area contributed by atoms with Crippen molar-refractivity contribution in [2.75, 3.05) is 7.11 Å². The van der Waals surface area contributed by atoms with Crippen molar-refractivity contribution in [3.05, 3.63) is 68.7 Å². The van der Waals surface area contributed by atoms with Gasteiger partial charge in [0.05, 0.1) is 12.0 Å². The molecule has 22 heavy (non-hydrogen) atoms. The van der Waals surface area contributed by atoms with Gasteiger partial charge in [-0.25, -0.2) is 0 Å². The topological polar surface area (TPSA) is 81.5 Å². The third-order valence-electron chi connectivity index (χ3n) is 2.99. The molecule has 0 aliphatic heterocycles. The van der Waals surface area contributed by atoms with E-state index in [1.165, 1.54) is 12.1 Å². The lowest BCUT2D eigenvalue weighted by molar-refractivity contribution is -0.384. The molecule has 2 rings (SSSR count). The van der Waals surface area contributed by atoms with E-state index in [4.69, 9.17) is 16.3 Å². The number of carbonyl (C=O) groups excluding carboxylic acids is 1. The van der Waals surface area contributed by atoms with Gasteiger partial charge in [0.1, 0.15) is 10.8 Å². The van der Waals surface area contributed by atoms with Gasteiger partial charge in [0, 0.05) is 18.2 Å². The molecule has 0 heterocycles. The summed E-state index contributed by atoms with van der Waals surface area (Å²) in [6.07, 6.45) is 0. The second kappa shape index (κ2) is 6.91. The molecule has 0 saturated heterocycles. The zero-order valence-corrected chi connectivity index (χ0v) is 12.5. The number of rotatable bonds is 5. The van der Waals surface area contributed by atoms with Crippen molar-refractivity contribution in [2.45, 2.75) is 6.54 Å². The molecule has 1 amide bonds. The van der Waals surface area contributed by atoms with Crippen molar-refractivity contribution in [1.29, 1.82) is 0 Å². The Morgan fingerprint density at radius 2 is 2.09 bits per heavy atom. The maximum absolute atomic E-state index is 12.1. The van der Waals surface area contributed by atoms with E-state index in [0.717, 1.165) is 11.6 Å². The number of nitro benzene ring substituents is 1. The Labute approximate surface area is 131 Å². The Morgan fingerprint density at radius 3 is 2.77 bits per heavy atom. The average molecular weight is 321 g/mol. The number of carbonyl (C=O) groups is 1. The van der Waals surface area contributed by atoms with Crippen LogP contribution in [0.4, 0.5) is 5.69 Å². The zero-order valence-electron chi connectivity index (χ0n) is 11.7. The fraction of sp³-hybridized carbons (Fsp3) is 0.133. The van der Waals surface area contributed by atoms with Crippen LogP contribution in [0.5, 0.6) is 5.75 Å². The first-order valence-corrected chi connectivity index (χ1v) is 6.74. The van der Waals surface area contributed by atoms with Crippen LogP contribution in [0.1, 0.15) is 15.9 Å². The normalized spacial score (nSPS) is 10.1. The third-order valence-corrected chi connectivity index (χ3v) is 3.31. The van der Waals surface area contributed by atoms with Crippen LogP contribution >= 0.6 is 11.6 Å². The van der Waals surface area contributed by atoms with E-state index >= 15 is 0 Å². The van der Waals surface area contributed by atoms with Crippen molar-refractivity contribution in [3.63, 3.8) is 0 Å². The molecule has 0 radical (unpaired) electrons. The molecule has 1 N–H and O–H groups in total. The molecule has 0 bridgehead atoms. The van der Waals surface area contributed by atoms with Crippen molar-refractivity contribution in [1.82, 2.24) is 5.32 Å². The SMILES string of the molecule is COc1cccc(CNC(=O)c2ccc(Cl)c([N+](=O)[O-])c2)c1. The summed E-state index contributed by atoms with van der Waals surface area (Å²) in [5.74, 6) is 0.275. The highest BCUT2D eigenvalue weighted by atomic mass is 35.5. The Kier molecular flexibility index (Phi) is 4.95. The molecule has 6 nitrogen and oxygen atoms in total. The molecular formula is C15H13ClN2O4. The summed E-state index contributed by atoms with van der Waals surface area (Å²) in [7, 11) is 1.56. The van der Waals surface area contributed by atoms with Gasteiger partial charge in [0.15, 0.2) is 0 Å². The summed E-state index contributed by atoms with van der Waals surface area (Å²) in [5.41, 5.74) is 0.742. The van der Waals surface area contributed by atoms with Gasteiger partial charge in [-0.05, 0) is 29.8 Å². The number of ether oxygens (including phenoxy) is 1. The van der Waals surface area contributed by atoms with Gasteiger partial charge in [-0.15, -0.1) is 0 Å². The molecule has 7 heteroatoms. The number of halogens is 1. The van der Waals surface area contributed by atoms with E-state index < -0.39 is 10.8 Å². The maximum Gasteiger partial charge on any atom is 0.288 e. The molecule has 2 aromatic rings. The van der Waals surface area contributed by atoms with E-state index in [0.29, 0.717) is 5.75 Å². The summed E-state index contributed by atoms with van der Waals surface area (Å²) in [6.45, 7) is 0.284. The van der Waals surface area contributed by atoms with Crippen molar-refractivity contribution >= 4 is 23.2 Å². The Hall–Kier alpha value is -2.60. The first-order valence-electron chi connectivity index (χ1n) is 6.36. The van der Waals surface area contributed by atoms with Gasteiger partial charge < -0.3 is 10.1 Å². The number of nitrogens with one attached hydrogen (secondary N) is 1. The standard InChI is InChI=1S/C15H13ClN2O4/c1-22-12-4-2-3-10(7-12)9-17-15(19)11-5-6-13(16)14(8-11)18(20)21/h2-8H,9H2,1H3,(H,17,19).